The molecule has 0 unspecified atom stereocenters. The molecule has 0 bridgehead atoms. The van der Waals surface area contributed by atoms with Crippen LogP contribution >= 0.6 is 51.6 Å². The van der Waals surface area contributed by atoms with Crippen molar-refractivity contribution in [2.75, 3.05) is 11.6 Å². The topological polar surface area (TPSA) is 0 Å². The maximum Gasteiger partial charge on any atom is 0.0404 e. The highest BCUT2D eigenvalue weighted by Crippen LogP contribution is 2.28. The van der Waals surface area contributed by atoms with Crippen LogP contribution < -0.4 is 0 Å². The summed E-state index contributed by atoms with van der Waals surface area (Å²) in [5.41, 5.74) is 0. The summed E-state index contributed by atoms with van der Waals surface area (Å²) in [5, 5.41) is 0. The third-order valence-corrected chi connectivity index (χ3v) is 4.02. The van der Waals surface area contributed by atoms with Crippen molar-refractivity contribution in [3.05, 3.63) is 12.2 Å². The lowest BCUT2D eigenvalue weighted by atomic mass is 10.6. The summed E-state index contributed by atoms with van der Waals surface area (Å²) in [6.07, 6.45) is 4.03. The molecule has 0 heterocycles. The molecule has 0 radical (unpaired) electrons. The van der Waals surface area contributed by atoms with Crippen LogP contribution in [0.1, 0.15) is 0 Å². The number of alkyl halides is 1. The average molecular weight is 281 g/mol. The fourth-order valence-corrected chi connectivity index (χ4v) is 2.30. The molecule has 0 saturated heterocycles. The zero-order chi connectivity index (χ0) is 6.24. The summed E-state index contributed by atoms with van der Waals surface area (Å²) in [4.78, 5) is 0. The van der Waals surface area contributed by atoms with E-state index in [9.17, 15) is 0 Å². The summed E-state index contributed by atoms with van der Waals surface area (Å²) in [6.45, 7) is 0. The van der Waals surface area contributed by atoms with E-state index in [0.29, 0.717) is 5.88 Å². The predicted molar refractivity (Wildman–Crippen MR) is 53.9 cm³/mol. The molecular weight excluding hydrogens is 275 g/mol. The highest BCUT2D eigenvalue weighted by Gasteiger charge is 1.76. The Morgan fingerprint density at radius 2 is 2.25 bits per heavy atom. The lowest BCUT2D eigenvalue weighted by molar-refractivity contribution is 1.67. The lowest BCUT2D eigenvalue weighted by Gasteiger charge is -1.83. The minimum absolute atomic E-state index is 0.631. The largest absolute Gasteiger partial charge is 0.122 e. The molecule has 0 aliphatic carbocycles. The van der Waals surface area contributed by atoms with E-state index >= 15 is 0 Å². The van der Waals surface area contributed by atoms with Crippen LogP contribution in [0.25, 0.3) is 0 Å². The molecule has 0 aromatic heterocycles. The number of rotatable bonds is 4. The first-order valence-corrected chi connectivity index (χ1v) is 7.42. The average Bonchev–Trinajstić information content (AvgIpc) is 1.81. The molecule has 0 N–H and O–H groups in total. The maximum atomic E-state index is 5.38. The molecule has 0 aliphatic rings. The van der Waals surface area contributed by atoms with Gasteiger partial charge in [-0.15, -0.1) is 11.6 Å². The van der Waals surface area contributed by atoms with Gasteiger partial charge in [-0.3, -0.25) is 0 Å². The van der Waals surface area contributed by atoms with Gasteiger partial charge in [0, 0.05) is 32.8 Å². The van der Waals surface area contributed by atoms with Crippen molar-refractivity contribution in [3.8, 4) is 0 Å². The molecule has 0 atom stereocenters. The van der Waals surface area contributed by atoms with Crippen molar-refractivity contribution in [1.82, 2.24) is 0 Å². The number of halogens is 2. The van der Waals surface area contributed by atoms with Crippen molar-refractivity contribution < 1.29 is 0 Å². The van der Waals surface area contributed by atoms with Gasteiger partial charge < -0.3 is 0 Å². The minimum Gasteiger partial charge on any atom is -0.122 e. The van der Waals surface area contributed by atoms with Crippen molar-refractivity contribution in [2.45, 2.75) is 0 Å². The Bertz CT molecular complexity index is 67.1. The molecule has 0 saturated carbocycles. The van der Waals surface area contributed by atoms with Crippen molar-refractivity contribution in [2.24, 2.45) is 0 Å². The minimum atomic E-state index is 0.631. The molecule has 48 valence electrons. The summed E-state index contributed by atoms with van der Waals surface area (Å²) in [5.74, 6) is 1.69. The fourth-order valence-electron chi connectivity index (χ4n) is 0.196. The lowest BCUT2D eigenvalue weighted by Crippen LogP contribution is -1.63. The molecule has 0 fully saturated rings. The smallest absolute Gasteiger partial charge is 0.0404 e. The highest BCUT2D eigenvalue weighted by atomic mass is 127. The Morgan fingerprint density at radius 3 is 2.75 bits per heavy atom. The number of hydrogen-bond acceptors (Lipinski definition) is 2. The van der Waals surface area contributed by atoms with Crippen LogP contribution in [-0.2, 0) is 0 Å². The normalized spacial score (nSPS) is 10.8. The van der Waals surface area contributed by atoms with Crippen LogP contribution in [0.4, 0.5) is 0 Å². The van der Waals surface area contributed by atoms with Gasteiger partial charge in [-0.1, -0.05) is 22.9 Å². The van der Waals surface area contributed by atoms with Gasteiger partial charge in [0.05, 0.1) is 0 Å². The first-order chi connectivity index (χ1) is 3.91. The molecule has 0 amide bonds. The van der Waals surface area contributed by atoms with Gasteiger partial charge in [0.1, 0.15) is 0 Å². The van der Waals surface area contributed by atoms with Gasteiger partial charge in [0.2, 0.25) is 0 Å². The van der Waals surface area contributed by atoms with E-state index in [1.54, 1.807) is 18.8 Å². The fraction of sp³-hybridized carbons (Fsp3) is 0.500. The van der Waals surface area contributed by atoms with Gasteiger partial charge >= 0.3 is 0 Å². The van der Waals surface area contributed by atoms with Crippen LogP contribution in [0.3, 0.4) is 0 Å². The second-order valence-corrected chi connectivity index (χ2v) is 6.30. The molecule has 0 aromatic carbocycles. The van der Waals surface area contributed by atoms with E-state index in [2.05, 4.69) is 27.3 Å². The summed E-state index contributed by atoms with van der Waals surface area (Å²) < 4.78 is 0. The maximum absolute atomic E-state index is 5.38. The third-order valence-electron chi connectivity index (χ3n) is 0.465. The van der Waals surface area contributed by atoms with Gasteiger partial charge in [-0.05, 0) is 7.97 Å². The van der Waals surface area contributed by atoms with Crippen LogP contribution in [0, 0.1) is 0 Å². The molecule has 8 heavy (non-hydrogen) atoms. The first-order valence-electron chi connectivity index (χ1n) is 2.03. The summed E-state index contributed by atoms with van der Waals surface area (Å²) in [7, 11) is 3.55. The predicted octanol–water partition coefficient (Wildman–Crippen LogP) is 3.51. The SMILES string of the molecule is ClC/C=C/CSSI. The van der Waals surface area contributed by atoms with E-state index < -0.39 is 0 Å². The van der Waals surface area contributed by atoms with E-state index in [0.717, 1.165) is 5.75 Å². The monoisotopic (exact) mass is 280 g/mol. The van der Waals surface area contributed by atoms with Gasteiger partial charge in [0.15, 0.2) is 0 Å². The Hall–Kier alpha value is 1.46. The van der Waals surface area contributed by atoms with Crippen LogP contribution in [-0.4, -0.2) is 11.6 Å². The Morgan fingerprint density at radius 1 is 1.50 bits per heavy atom. The molecule has 0 aliphatic heterocycles. The van der Waals surface area contributed by atoms with E-state index in [1.165, 1.54) is 0 Å². The quantitative estimate of drug-likeness (QED) is 0.254. The van der Waals surface area contributed by atoms with Crippen molar-refractivity contribution in [1.29, 1.82) is 0 Å². The molecule has 4 heteroatoms. The van der Waals surface area contributed by atoms with E-state index in [1.807, 2.05) is 6.08 Å². The second kappa shape index (κ2) is 8.46. The van der Waals surface area contributed by atoms with Crippen molar-refractivity contribution in [3.63, 3.8) is 0 Å². The third kappa shape index (κ3) is 7.46. The van der Waals surface area contributed by atoms with Crippen molar-refractivity contribution >= 4 is 51.6 Å². The molecule has 0 spiro atoms. The highest BCUT2D eigenvalue weighted by molar-refractivity contribution is 14.2. The molecule has 0 rings (SSSR count). The standard InChI is InChI=1S/C4H6ClIS2/c5-3-1-2-4-7-8-6/h1-2H,3-4H2/b2-1+. The van der Waals surface area contributed by atoms with Crippen LogP contribution in [0.5, 0.6) is 0 Å². The molecular formula is C4H6ClIS2. The van der Waals surface area contributed by atoms with Gasteiger partial charge in [-0.2, -0.15) is 0 Å². The van der Waals surface area contributed by atoms with Crippen LogP contribution in [0.2, 0.25) is 0 Å². The Balaban J connectivity index is 2.80. The Labute approximate surface area is 74.8 Å². The summed E-state index contributed by atoms with van der Waals surface area (Å²) in [6, 6.07) is 0. The second-order valence-electron chi connectivity index (χ2n) is 0.973. The summed E-state index contributed by atoms with van der Waals surface area (Å²) >= 11 is 7.63. The number of hydrogen-bond donors (Lipinski definition) is 0. The van der Waals surface area contributed by atoms with Gasteiger partial charge in [0.25, 0.3) is 0 Å². The van der Waals surface area contributed by atoms with E-state index in [-0.39, 0.29) is 0 Å². The molecule has 0 nitrogen and oxygen atoms in total. The van der Waals surface area contributed by atoms with Crippen LogP contribution in [0.15, 0.2) is 12.2 Å². The molecule has 0 aromatic rings. The first kappa shape index (κ1) is 9.46. The zero-order valence-electron chi connectivity index (χ0n) is 4.14. The Kier molecular flexibility index (Phi) is 10.0. The zero-order valence-corrected chi connectivity index (χ0v) is 8.69. The van der Waals surface area contributed by atoms with E-state index in [4.69, 9.17) is 11.6 Å². The van der Waals surface area contributed by atoms with Gasteiger partial charge in [-0.25, -0.2) is 0 Å². The number of allylic oxidation sites excluding steroid dienone is 1.